The van der Waals surface area contributed by atoms with Crippen molar-refractivity contribution in [2.24, 2.45) is 5.92 Å². The van der Waals surface area contributed by atoms with E-state index in [0.29, 0.717) is 6.42 Å². The van der Waals surface area contributed by atoms with E-state index in [1.165, 1.54) is 0 Å². The van der Waals surface area contributed by atoms with Gasteiger partial charge in [-0.05, 0) is 12.5 Å². The first-order valence-corrected chi connectivity index (χ1v) is 5.11. The molecule has 15 heavy (non-hydrogen) atoms. The summed E-state index contributed by atoms with van der Waals surface area (Å²) in [5.74, 6) is -0.393. The molecule has 1 heterocycles. The summed E-state index contributed by atoms with van der Waals surface area (Å²) < 4.78 is 4.90. The fraction of sp³-hybridized carbons (Fsp3) is 0.417. The molecule has 0 aliphatic carbocycles. The Morgan fingerprint density at radius 2 is 2.07 bits per heavy atom. The lowest BCUT2D eigenvalue weighted by Gasteiger charge is -2.35. The topological polar surface area (TPSA) is 46.5 Å². The Balaban J connectivity index is 1.93. The van der Waals surface area contributed by atoms with Crippen molar-refractivity contribution < 1.29 is 14.6 Å². The van der Waals surface area contributed by atoms with Crippen LogP contribution in [0.3, 0.4) is 0 Å². The lowest BCUT2D eigenvalue weighted by Crippen LogP contribution is -2.51. The van der Waals surface area contributed by atoms with E-state index in [0.717, 1.165) is 5.56 Å². The van der Waals surface area contributed by atoms with Gasteiger partial charge in [0.25, 0.3) is 0 Å². The van der Waals surface area contributed by atoms with Gasteiger partial charge in [-0.3, -0.25) is 4.79 Å². The monoisotopic (exact) mass is 206 g/mol. The fourth-order valence-electron chi connectivity index (χ4n) is 1.79. The summed E-state index contributed by atoms with van der Waals surface area (Å²) in [5, 5.41) is 9.83. The number of aliphatic hydroxyl groups is 1. The molecule has 0 unspecified atom stereocenters. The molecule has 0 bridgehead atoms. The third-order valence-corrected chi connectivity index (χ3v) is 2.78. The van der Waals surface area contributed by atoms with Crippen LogP contribution in [0.25, 0.3) is 0 Å². The number of hydrogen-bond acceptors (Lipinski definition) is 3. The van der Waals surface area contributed by atoms with Crippen LogP contribution in [0.5, 0.6) is 0 Å². The third kappa shape index (κ3) is 2.02. The van der Waals surface area contributed by atoms with Crippen molar-refractivity contribution in [1.29, 1.82) is 0 Å². The Hall–Kier alpha value is -1.35. The van der Waals surface area contributed by atoms with Crippen molar-refractivity contribution >= 4 is 5.97 Å². The molecule has 80 valence electrons. The summed E-state index contributed by atoms with van der Waals surface area (Å²) in [5.41, 5.74) is 1.06. The lowest BCUT2D eigenvalue weighted by molar-refractivity contribution is -0.195. The number of hydrogen-bond donors (Lipinski definition) is 1. The average molecular weight is 206 g/mol. The highest BCUT2D eigenvalue weighted by Gasteiger charge is 2.43. The summed E-state index contributed by atoms with van der Waals surface area (Å²) in [4.78, 5) is 10.9. The molecule has 3 atom stereocenters. The molecular formula is C12H14O3. The molecule has 0 aromatic heterocycles. The van der Waals surface area contributed by atoms with Gasteiger partial charge in [-0.2, -0.15) is 0 Å². The fourth-order valence-corrected chi connectivity index (χ4v) is 1.79. The number of esters is 1. The molecule has 1 aromatic carbocycles. The van der Waals surface area contributed by atoms with Gasteiger partial charge in [0, 0.05) is 6.42 Å². The smallest absolute Gasteiger partial charge is 0.312 e. The molecule has 1 saturated heterocycles. The maximum absolute atomic E-state index is 10.9. The second-order valence-electron chi connectivity index (χ2n) is 3.95. The Kier molecular flexibility index (Phi) is 2.73. The number of carbonyl (C=O) groups excluding carboxylic acids is 1. The van der Waals surface area contributed by atoms with Crippen molar-refractivity contribution in [2.45, 2.75) is 25.6 Å². The Labute approximate surface area is 88.7 Å². The van der Waals surface area contributed by atoms with Gasteiger partial charge in [-0.25, -0.2) is 0 Å². The molecule has 1 aliphatic heterocycles. The second-order valence-corrected chi connectivity index (χ2v) is 3.95. The van der Waals surface area contributed by atoms with Crippen molar-refractivity contribution in [3.8, 4) is 0 Å². The molecule has 2 rings (SSSR count). The number of aliphatic hydroxyl groups excluding tert-OH is 1. The van der Waals surface area contributed by atoms with Crippen LogP contribution in [-0.2, 0) is 16.0 Å². The van der Waals surface area contributed by atoms with Gasteiger partial charge in [-0.1, -0.05) is 30.3 Å². The van der Waals surface area contributed by atoms with Crippen LogP contribution in [0.2, 0.25) is 0 Å². The molecule has 1 aromatic rings. The molecule has 1 fully saturated rings. The molecule has 3 nitrogen and oxygen atoms in total. The lowest BCUT2D eigenvalue weighted by atomic mass is 9.91. The SMILES string of the molecule is C[C@@H]1C(=O)O[C@H]1[C@H](O)Cc1ccccc1. The van der Waals surface area contributed by atoms with Gasteiger partial charge in [0.1, 0.15) is 6.10 Å². The Morgan fingerprint density at radius 3 is 2.60 bits per heavy atom. The maximum Gasteiger partial charge on any atom is 0.312 e. The standard InChI is InChI=1S/C12H14O3/c1-8-11(15-12(8)14)10(13)7-9-5-3-2-4-6-9/h2-6,8,10-11,13H,7H2,1H3/t8-,10+,11+/m0/s1. The number of benzene rings is 1. The molecule has 3 heteroatoms. The maximum atomic E-state index is 10.9. The first kappa shape index (κ1) is 10.2. The van der Waals surface area contributed by atoms with Crippen LogP contribution in [0.15, 0.2) is 30.3 Å². The Bertz CT molecular complexity index is 347. The van der Waals surface area contributed by atoms with Crippen molar-refractivity contribution in [3.05, 3.63) is 35.9 Å². The summed E-state index contributed by atoms with van der Waals surface area (Å²) in [6, 6.07) is 9.70. The normalized spacial score (nSPS) is 26.7. The quantitative estimate of drug-likeness (QED) is 0.755. The highest BCUT2D eigenvalue weighted by Crippen LogP contribution is 2.26. The van der Waals surface area contributed by atoms with Crippen LogP contribution in [0.4, 0.5) is 0 Å². The van der Waals surface area contributed by atoms with Crippen LogP contribution in [0, 0.1) is 5.92 Å². The van der Waals surface area contributed by atoms with Crippen LogP contribution >= 0.6 is 0 Å². The minimum atomic E-state index is -0.597. The van der Waals surface area contributed by atoms with Gasteiger partial charge >= 0.3 is 5.97 Å². The van der Waals surface area contributed by atoms with Crippen LogP contribution in [-0.4, -0.2) is 23.3 Å². The van der Waals surface area contributed by atoms with Gasteiger partial charge in [-0.15, -0.1) is 0 Å². The number of cyclic esters (lactones) is 1. The summed E-state index contributed by atoms with van der Waals surface area (Å²) in [7, 11) is 0. The molecule has 0 radical (unpaired) electrons. The van der Waals surface area contributed by atoms with E-state index in [9.17, 15) is 9.90 Å². The predicted octanol–water partition coefficient (Wildman–Crippen LogP) is 1.15. The Morgan fingerprint density at radius 1 is 1.40 bits per heavy atom. The van der Waals surface area contributed by atoms with E-state index in [-0.39, 0.29) is 18.0 Å². The van der Waals surface area contributed by atoms with E-state index in [1.807, 2.05) is 30.3 Å². The third-order valence-electron chi connectivity index (χ3n) is 2.78. The van der Waals surface area contributed by atoms with E-state index < -0.39 is 6.10 Å². The molecule has 1 aliphatic rings. The van der Waals surface area contributed by atoms with Gasteiger partial charge in [0.2, 0.25) is 0 Å². The second kappa shape index (κ2) is 4.03. The molecule has 1 N–H and O–H groups in total. The van der Waals surface area contributed by atoms with Crippen LogP contribution < -0.4 is 0 Å². The minimum absolute atomic E-state index is 0.177. The minimum Gasteiger partial charge on any atom is -0.458 e. The number of carbonyl (C=O) groups is 1. The molecule has 0 spiro atoms. The van der Waals surface area contributed by atoms with E-state index in [1.54, 1.807) is 6.92 Å². The van der Waals surface area contributed by atoms with Gasteiger partial charge in [0.05, 0.1) is 12.0 Å². The zero-order chi connectivity index (χ0) is 10.8. The number of rotatable bonds is 3. The molecule has 0 saturated carbocycles. The summed E-state index contributed by atoms with van der Waals surface area (Å²) in [6.45, 7) is 1.78. The highest BCUT2D eigenvalue weighted by atomic mass is 16.6. The highest BCUT2D eigenvalue weighted by molar-refractivity contribution is 5.78. The molecular weight excluding hydrogens is 192 g/mol. The van der Waals surface area contributed by atoms with E-state index >= 15 is 0 Å². The van der Waals surface area contributed by atoms with Crippen LogP contribution in [0.1, 0.15) is 12.5 Å². The summed E-state index contributed by atoms with van der Waals surface area (Å²) >= 11 is 0. The largest absolute Gasteiger partial charge is 0.458 e. The van der Waals surface area contributed by atoms with Crippen molar-refractivity contribution in [3.63, 3.8) is 0 Å². The zero-order valence-electron chi connectivity index (χ0n) is 8.59. The van der Waals surface area contributed by atoms with Gasteiger partial charge < -0.3 is 9.84 Å². The van der Waals surface area contributed by atoms with E-state index in [4.69, 9.17) is 4.74 Å². The van der Waals surface area contributed by atoms with Crippen molar-refractivity contribution in [1.82, 2.24) is 0 Å². The molecule has 0 amide bonds. The first-order chi connectivity index (χ1) is 7.18. The number of ether oxygens (including phenoxy) is 1. The van der Waals surface area contributed by atoms with Gasteiger partial charge in [0.15, 0.2) is 0 Å². The van der Waals surface area contributed by atoms with Crippen molar-refractivity contribution in [2.75, 3.05) is 0 Å². The average Bonchev–Trinajstić information content (AvgIpc) is 2.26. The zero-order valence-corrected chi connectivity index (χ0v) is 8.59. The summed E-state index contributed by atoms with van der Waals surface area (Å²) in [6.07, 6.45) is -0.402. The first-order valence-electron chi connectivity index (χ1n) is 5.11. The van der Waals surface area contributed by atoms with E-state index in [2.05, 4.69) is 0 Å². The predicted molar refractivity (Wildman–Crippen MR) is 55.2 cm³/mol.